The van der Waals surface area contributed by atoms with E-state index in [1.54, 1.807) is 20.0 Å². The molecule has 0 radical (unpaired) electrons. The van der Waals surface area contributed by atoms with Crippen molar-refractivity contribution < 1.29 is 17.6 Å². The molecule has 0 aromatic carbocycles. The summed E-state index contributed by atoms with van der Waals surface area (Å²) in [5, 5.41) is 2.93. The molecule has 20 heavy (non-hydrogen) atoms. The fraction of sp³-hybridized carbons (Fsp3) is 0.692. The summed E-state index contributed by atoms with van der Waals surface area (Å²) in [4.78, 5) is 0.217. The maximum Gasteiger partial charge on any atom is 0.244 e. The Balaban J connectivity index is 2.06. The molecule has 1 fully saturated rings. The predicted octanol–water partition coefficient (Wildman–Crippen LogP) is 1.01. The number of ether oxygens (including phenoxy) is 1. The van der Waals surface area contributed by atoms with Crippen molar-refractivity contribution in [3.63, 3.8) is 0 Å². The van der Waals surface area contributed by atoms with Crippen molar-refractivity contribution in [1.82, 2.24) is 10.0 Å². The first-order valence-electron chi connectivity index (χ1n) is 6.79. The smallest absolute Gasteiger partial charge is 0.244 e. The topological polar surface area (TPSA) is 80.6 Å². The largest absolute Gasteiger partial charge is 0.464 e. The van der Waals surface area contributed by atoms with Gasteiger partial charge in [0.1, 0.15) is 16.4 Å². The molecule has 2 heterocycles. The highest BCUT2D eigenvalue weighted by Crippen LogP contribution is 2.22. The molecule has 1 aromatic rings. The first-order chi connectivity index (χ1) is 9.44. The van der Waals surface area contributed by atoms with Crippen LogP contribution in [0, 0.1) is 12.8 Å². The summed E-state index contributed by atoms with van der Waals surface area (Å²) >= 11 is 0. The highest BCUT2D eigenvalue weighted by Gasteiger charge is 2.27. The summed E-state index contributed by atoms with van der Waals surface area (Å²) in [7, 11) is -1.74. The lowest BCUT2D eigenvalue weighted by Crippen LogP contribution is -2.32. The molecule has 0 aliphatic carbocycles. The van der Waals surface area contributed by atoms with Gasteiger partial charge in [-0.1, -0.05) is 0 Å². The molecule has 0 bridgehead atoms. The maximum absolute atomic E-state index is 12.3. The Hall–Kier alpha value is -0.890. The first kappa shape index (κ1) is 15.5. The van der Waals surface area contributed by atoms with Crippen LogP contribution >= 0.6 is 0 Å². The summed E-state index contributed by atoms with van der Waals surface area (Å²) < 4.78 is 38.1. The molecule has 2 rings (SSSR count). The molecule has 114 valence electrons. The van der Waals surface area contributed by atoms with Crippen LogP contribution in [0.3, 0.4) is 0 Å². The number of rotatable bonds is 6. The minimum Gasteiger partial charge on any atom is -0.464 e. The van der Waals surface area contributed by atoms with Crippen molar-refractivity contribution >= 4 is 10.0 Å². The zero-order valence-corrected chi connectivity index (χ0v) is 12.9. The highest BCUT2D eigenvalue weighted by molar-refractivity contribution is 7.89. The third-order valence-corrected chi connectivity index (χ3v) is 5.16. The van der Waals surface area contributed by atoms with Gasteiger partial charge in [0.2, 0.25) is 10.0 Å². The Morgan fingerprint density at radius 1 is 1.45 bits per heavy atom. The lowest BCUT2D eigenvalue weighted by Gasteiger charge is -2.14. The molecule has 1 aromatic heterocycles. The number of sulfonamides is 1. The summed E-state index contributed by atoms with van der Waals surface area (Å²) in [5.41, 5.74) is 0. The molecule has 0 spiro atoms. The van der Waals surface area contributed by atoms with Gasteiger partial charge in [-0.15, -0.1) is 0 Å². The zero-order valence-electron chi connectivity index (χ0n) is 12.1. The minimum absolute atomic E-state index is 0.1000. The average molecular weight is 302 g/mol. The van der Waals surface area contributed by atoms with Crippen molar-refractivity contribution in [1.29, 1.82) is 0 Å². The molecular weight excluding hydrogens is 280 g/mol. The van der Waals surface area contributed by atoms with E-state index < -0.39 is 10.0 Å². The van der Waals surface area contributed by atoms with Crippen molar-refractivity contribution in [2.45, 2.75) is 37.8 Å². The molecule has 2 unspecified atom stereocenters. The minimum atomic E-state index is -3.53. The van der Waals surface area contributed by atoms with E-state index in [0.29, 0.717) is 31.2 Å². The van der Waals surface area contributed by atoms with E-state index in [9.17, 15) is 8.42 Å². The van der Waals surface area contributed by atoms with E-state index in [1.165, 1.54) is 0 Å². The number of hydrogen-bond acceptors (Lipinski definition) is 5. The normalized spacial score (nSPS) is 23.4. The summed E-state index contributed by atoms with van der Waals surface area (Å²) in [6.07, 6.45) is 0.988. The summed E-state index contributed by atoms with van der Waals surface area (Å²) in [6, 6.07) is 1.57. The second-order valence-electron chi connectivity index (χ2n) is 5.14. The van der Waals surface area contributed by atoms with Crippen LogP contribution in [-0.2, 0) is 21.3 Å². The molecule has 2 N–H and O–H groups in total. The third kappa shape index (κ3) is 3.41. The van der Waals surface area contributed by atoms with E-state index in [2.05, 4.69) is 10.0 Å². The van der Waals surface area contributed by atoms with E-state index in [1.807, 2.05) is 6.92 Å². The first-order valence-corrected chi connectivity index (χ1v) is 8.27. The standard InChI is InChI=1S/C13H22N2O4S/c1-9-11(4-5-18-9)7-15-20(16,17)13-6-12(8-14-3)19-10(13)2/h6,9,11,14-15H,4-5,7-8H2,1-3H3. The van der Waals surface area contributed by atoms with E-state index in [-0.39, 0.29) is 16.9 Å². The third-order valence-electron chi connectivity index (χ3n) is 3.63. The van der Waals surface area contributed by atoms with Crippen molar-refractivity contribution in [2.24, 2.45) is 5.92 Å². The van der Waals surface area contributed by atoms with Gasteiger partial charge in [0.25, 0.3) is 0 Å². The van der Waals surface area contributed by atoms with Crippen LogP contribution in [-0.4, -0.2) is 34.7 Å². The van der Waals surface area contributed by atoms with Crippen LogP contribution in [0.1, 0.15) is 24.9 Å². The van der Waals surface area contributed by atoms with Crippen LogP contribution in [0.5, 0.6) is 0 Å². The molecular formula is C13H22N2O4S. The number of furan rings is 1. The molecule has 7 heteroatoms. The van der Waals surface area contributed by atoms with E-state index >= 15 is 0 Å². The zero-order chi connectivity index (χ0) is 14.8. The molecule has 0 amide bonds. The van der Waals surface area contributed by atoms with Gasteiger partial charge in [0, 0.05) is 25.1 Å². The number of nitrogens with one attached hydrogen (secondary N) is 2. The molecule has 1 saturated heterocycles. The molecule has 2 atom stereocenters. The molecule has 1 aliphatic heterocycles. The Bertz CT molecular complexity index is 553. The number of aryl methyl sites for hydroxylation is 1. The predicted molar refractivity (Wildman–Crippen MR) is 74.9 cm³/mol. The van der Waals surface area contributed by atoms with Gasteiger partial charge in [-0.3, -0.25) is 0 Å². The maximum atomic E-state index is 12.3. The second kappa shape index (κ2) is 6.26. The lowest BCUT2D eigenvalue weighted by atomic mass is 10.0. The Kier molecular flexibility index (Phi) is 4.85. The van der Waals surface area contributed by atoms with Gasteiger partial charge < -0.3 is 14.5 Å². The summed E-state index contributed by atoms with van der Waals surface area (Å²) in [6.45, 7) is 5.24. The second-order valence-corrected chi connectivity index (χ2v) is 6.88. The fourth-order valence-electron chi connectivity index (χ4n) is 2.39. The van der Waals surface area contributed by atoms with Crippen LogP contribution in [0.4, 0.5) is 0 Å². The van der Waals surface area contributed by atoms with Crippen molar-refractivity contribution in [2.75, 3.05) is 20.2 Å². The Labute approximate surface area is 119 Å². The van der Waals surface area contributed by atoms with Crippen LogP contribution in [0.25, 0.3) is 0 Å². The summed E-state index contributed by atoms with van der Waals surface area (Å²) in [5.74, 6) is 1.26. The monoisotopic (exact) mass is 302 g/mol. The Morgan fingerprint density at radius 2 is 2.20 bits per heavy atom. The van der Waals surface area contributed by atoms with E-state index in [0.717, 1.165) is 6.42 Å². The van der Waals surface area contributed by atoms with Gasteiger partial charge in [-0.2, -0.15) is 0 Å². The van der Waals surface area contributed by atoms with Crippen molar-refractivity contribution in [3.05, 3.63) is 17.6 Å². The van der Waals surface area contributed by atoms with Gasteiger partial charge in [-0.05, 0) is 27.3 Å². The number of hydrogen-bond donors (Lipinski definition) is 2. The Morgan fingerprint density at radius 3 is 2.80 bits per heavy atom. The average Bonchev–Trinajstić information content (AvgIpc) is 2.94. The van der Waals surface area contributed by atoms with Crippen LogP contribution < -0.4 is 10.0 Å². The fourth-order valence-corrected chi connectivity index (χ4v) is 3.69. The van der Waals surface area contributed by atoms with Crippen LogP contribution in [0.15, 0.2) is 15.4 Å². The molecule has 6 nitrogen and oxygen atoms in total. The van der Waals surface area contributed by atoms with Crippen LogP contribution in [0.2, 0.25) is 0 Å². The van der Waals surface area contributed by atoms with Gasteiger partial charge in [0.15, 0.2) is 0 Å². The SMILES string of the molecule is CNCc1cc(S(=O)(=O)NCC2CCOC2C)c(C)o1. The lowest BCUT2D eigenvalue weighted by molar-refractivity contribution is 0.107. The van der Waals surface area contributed by atoms with E-state index in [4.69, 9.17) is 9.15 Å². The van der Waals surface area contributed by atoms with Gasteiger partial charge in [0.05, 0.1) is 12.6 Å². The van der Waals surface area contributed by atoms with Gasteiger partial charge in [-0.25, -0.2) is 13.1 Å². The van der Waals surface area contributed by atoms with Crippen molar-refractivity contribution in [3.8, 4) is 0 Å². The molecule has 1 aliphatic rings. The quantitative estimate of drug-likeness (QED) is 0.820. The van der Waals surface area contributed by atoms with Gasteiger partial charge >= 0.3 is 0 Å². The molecule has 0 saturated carbocycles. The highest BCUT2D eigenvalue weighted by atomic mass is 32.2.